The maximum Gasteiger partial charge on any atom is 0.0336 e. The van der Waals surface area contributed by atoms with Crippen molar-refractivity contribution in [2.24, 2.45) is 4.99 Å². The van der Waals surface area contributed by atoms with Gasteiger partial charge < -0.3 is 0 Å². The summed E-state index contributed by atoms with van der Waals surface area (Å²) in [5, 5.41) is 0. The number of allylic oxidation sites excluding steroid dienone is 4. The molecule has 0 aromatic heterocycles. The first kappa shape index (κ1) is 13.4. The third-order valence-corrected chi connectivity index (χ3v) is 2.64. The zero-order valence-electron chi connectivity index (χ0n) is 11.0. The first-order chi connectivity index (χ1) is 8.22. The van der Waals surface area contributed by atoms with Crippen LogP contribution in [0.3, 0.4) is 0 Å². The Hall–Kier alpha value is -1.63. The van der Waals surface area contributed by atoms with Crippen molar-refractivity contribution in [3.63, 3.8) is 0 Å². The summed E-state index contributed by atoms with van der Waals surface area (Å²) in [7, 11) is 0. The predicted octanol–water partition coefficient (Wildman–Crippen LogP) is 4.70. The molecule has 0 N–H and O–H groups in total. The second kappa shape index (κ2) is 7.61. The van der Waals surface area contributed by atoms with E-state index in [1.165, 1.54) is 11.1 Å². The number of hydrogen-bond donors (Lipinski definition) is 0. The average Bonchev–Trinajstić information content (AvgIpc) is 2.55. The van der Waals surface area contributed by atoms with Crippen molar-refractivity contribution in [1.82, 2.24) is 0 Å². The van der Waals surface area contributed by atoms with Gasteiger partial charge in [0.05, 0.1) is 0 Å². The van der Waals surface area contributed by atoms with Crippen molar-refractivity contribution in [3.05, 3.63) is 59.3 Å². The fraction of sp³-hybridized carbons (Fsp3) is 0.312. The molecule has 0 aliphatic carbocycles. The molecule has 0 saturated carbocycles. The molecule has 0 amide bonds. The highest BCUT2D eigenvalue weighted by Crippen LogP contribution is 2.11. The van der Waals surface area contributed by atoms with Gasteiger partial charge in [0, 0.05) is 11.9 Å². The molecule has 1 nitrogen and oxygen atoms in total. The summed E-state index contributed by atoms with van der Waals surface area (Å²) < 4.78 is 0. The van der Waals surface area contributed by atoms with Crippen molar-refractivity contribution in [2.75, 3.05) is 0 Å². The third kappa shape index (κ3) is 5.86. The minimum atomic E-state index is 1.07. The predicted molar refractivity (Wildman–Crippen MR) is 76.4 cm³/mol. The topological polar surface area (TPSA) is 12.4 Å². The Kier molecular flexibility index (Phi) is 6.02. The van der Waals surface area contributed by atoms with E-state index in [0.717, 1.165) is 18.5 Å². The van der Waals surface area contributed by atoms with Gasteiger partial charge in [0.2, 0.25) is 0 Å². The molecule has 0 radical (unpaired) electrons. The third-order valence-electron chi connectivity index (χ3n) is 2.64. The van der Waals surface area contributed by atoms with Gasteiger partial charge in [-0.2, -0.15) is 0 Å². The lowest BCUT2D eigenvalue weighted by Crippen LogP contribution is -1.76. The molecule has 0 fully saturated rings. The molecule has 17 heavy (non-hydrogen) atoms. The second-order valence-electron chi connectivity index (χ2n) is 4.16. The lowest BCUT2D eigenvalue weighted by molar-refractivity contribution is 1.03. The number of rotatable bonds is 1. The zero-order valence-corrected chi connectivity index (χ0v) is 11.0. The van der Waals surface area contributed by atoms with Gasteiger partial charge in [-0.3, -0.25) is 4.99 Å². The Labute approximate surface area is 105 Å². The molecule has 2 rings (SSSR count). The van der Waals surface area contributed by atoms with E-state index >= 15 is 0 Å². The lowest BCUT2D eigenvalue weighted by atomic mass is 10.1. The Morgan fingerprint density at radius 1 is 1.12 bits per heavy atom. The summed E-state index contributed by atoms with van der Waals surface area (Å²) in [6.45, 7) is 6.29. The van der Waals surface area contributed by atoms with E-state index in [1.807, 2.05) is 31.3 Å². The molecule has 0 saturated heterocycles. The molecule has 90 valence electrons. The molecule has 1 aliphatic rings. The van der Waals surface area contributed by atoms with Gasteiger partial charge in [0.1, 0.15) is 0 Å². The minimum Gasteiger partial charge on any atom is -0.262 e. The first-order valence-corrected chi connectivity index (χ1v) is 6.13. The highest BCUT2D eigenvalue weighted by atomic mass is 14.7. The molecule has 0 unspecified atom stereocenters. The van der Waals surface area contributed by atoms with Crippen molar-refractivity contribution >= 4 is 6.21 Å². The monoisotopic (exact) mass is 227 g/mol. The van der Waals surface area contributed by atoms with Gasteiger partial charge in [0.15, 0.2) is 0 Å². The van der Waals surface area contributed by atoms with Crippen LogP contribution in [-0.4, -0.2) is 6.21 Å². The van der Waals surface area contributed by atoms with Crippen LogP contribution in [0.5, 0.6) is 0 Å². The molecule has 1 heteroatoms. The molecule has 1 aromatic carbocycles. The Morgan fingerprint density at radius 2 is 1.82 bits per heavy atom. The molecule has 1 aromatic rings. The van der Waals surface area contributed by atoms with Crippen LogP contribution in [-0.2, 0) is 0 Å². The van der Waals surface area contributed by atoms with Crippen LogP contribution in [0.4, 0.5) is 0 Å². The Morgan fingerprint density at radius 3 is 2.35 bits per heavy atom. The summed E-state index contributed by atoms with van der Waals surface area (Å²) in [4.78, 5) is 4.18. The number of benzene rings is 1. The SMILES string of the molecule is CCC1=CC=NC(C)=CC1.Cc1ccccc1. The zero-order chi connectivity index (χ0) is 12.5. The van der Waals surface area contributed by atoms with E-state index in [0.29, 0.717) is 0 Å². The van der Waals surface area contributed by atoms with Crippen LogP contribution >= 0.6 is 0 Å². The minimum absolute atomic E-state index is 1.07. The van der Waals surface area contributed by atoms with E-state index in [1.54, 1.807) is 0 Å². The number of aryl methyl sites for hydroxylation is 1. The van der Waals surface area contributed by atoms with Gasteiger partial charge in [-0.25, -0.2) is 0 Å². The Bertz CT molecular complexity index is 408. The fourth-order valence-electron chi connectivity index (χ4n) is 1.46. The van der Waals surface area contributed by atoms with Crippen LogP contribution in [0.1, 0.15) is 32.3 Å². The van der Waals surface area contributed by atoms with E-state index in [9.17, 15) is 0 Å². The van der Waals surface area contributed by atoms with Crippen LogP contribution in [0.25, 0.3) is 0 Å². The lowest BCUT2D eigenvalue weighted by Gasteiger charge is -1.94. The smallest absolute Gasteiger partial charge is 0.0336 e. The highest BCUT2D eigenvalue weighted by Gasteiger charge is 1.93. The van der Waals surface area contributed by atoms with E-state index in [-0.39, 0.29) is 0 Å². The van der Waals surface area contributed by atoms with Crippen LogP contribution in [0, 0.1) is 6.92 Å². The number of nitrogens with zero attached hydrogens (tertiary/aromatic N) is 1. The second-order valence-corrected chi connectivity index (χ2v) is 4.16. The van der Waals surface area contributed by atoms with Crippen molar-refractivity contribution in [2.45, 2.75) is 33.6 Å². The maximum atomic E-state index is 4.18. The van der Waals surface area contributed by atoms with Gasteiger partial charge >= 0.3 is 0 Å². The maximum absolute atomic E-state index is 4.18. The number of aliphatic imine (C=N–C) groups is 1. The summed E-state index contributed by atoms with van der Waals surface area (Å²) in [5.74, 6) is 0. The van der Waals surface area contributed by atoms with Gasteiger partial charge in [-0.1, -0.05) is 54.5 Å². The summed E-state index contributed by atoms with van der Waals surface area (Å²) in [5.41, 5.74) is 3.91. The quantitative estimate of drug-likeness (QED) is 0.659. The van der Waals surface area contributed by atoms with Crippen molar-refractivity contribution in [1.29, 1.82) is 0 Å². The fourth-order valence-corrected chi connectivity index (χ4v) is 1.46. The van der Waals surface area contributed by atoms with E-state index in [2.05, 4.69) is 43.1 Å². The molecule has 1 aliphatic heterocycles. The Balaban J connectivity index is 0.000000181. The first-order valence-electron chi connectivity index (χ1n) is 6.13. The summed E-state index contributed by atoms with van der Waals surface area (Å²) >= 11 is 0. The highest BCUT2D eigenvalue weighted by molar-refractivity contribution is 5.73. The van der Waals surface area contributed by atoms with Gasteiger partial charge in [-0.05, 0) is 32.8 Å². The van der Waals surface area contributed by atoms with Crippen LogP contribution < -0.4 is 0 Å². The molecule has 1 heterocycles. The van der Waals surface area contributed by atoms with Crippen LogP contribution in [0.15, 0.2) is 58.7 Å². The average molecular weight is 227 g/mol. The van der Waals surface area contributed by atoms with Crippen molar-refractivity contribution in [3.8, 4) is 0 Å². The standard InChI is InChI=1S/C9H13N.C7H8/c1-3-9-5-4-8(2)10-7-6-9;1-7-5-3-2-4-6-7/h4,6-7H,3,5H2,1-2H3;2-6H,1H3. The molecule has 0 spiro atoms. The molecule has 0 atom stereocenters. The van der Waals surface area contributed by atoms with E-state index in [4.69, 9.17) is 0 Å². The normalized spacial score (nSPS) is 14.1. The largest absolute Gasteiger partial charge is 0.262 e. The molecular weight excluding hydrogens is 206 g/mol. The molecule has 0 bridgehead atoms. The number of hydrogen-bond acceptors (Lipinski definition) is 1. The summed E-state index contributed by atoms with van der Waals surface area (Å²) in [6.07, 6.45) is 8.36. The van der Waals surface area contributed by atoms with Crippen LogP contribution in [0.2, 0.25) is 0 Å². The molecular formula is C16H21N. The van der Waals surface area contributed by atoms with Gasteiger partial charge in [0.25, 0.3) is 0 Å². The van der Waals surface area contributed by atoms with Crippen molar-refractivity contribution < 1.29 is 0 Å². The summed E-state index contributed by atoms with van der Waals surface area (Å²) in [6, 6.07) is 10.3. The van der Waals surface area contributed by atoms with E-state index < -0.39 is 0 Å². The van der Waals surface area contributed by atoms with Gasteiger partial charge in [-0.15, -0.1) is 0 Å².